The third-order valence-electron chi connectivity index (χ3n) is 5.92. The van der Waals surface area contributed by atoms with Crippen LogP contribution in [0.5, 0.6) is 11.5 Å². The van der Waals surface area contributed by atoms with Gasteiger partial charge in [0, 0.05) is 23.5 Å². The van der Waals surface area contributed by atoms with Gasteiger partial charge in [-0.1, -0.05) is 17.7 Å². The van der Waals surface area contributed by atoms with Crippen molar-refractivity contribution >= 4 is 34.3 Å². The number of hydrogen-bond donors (Lipinski definition) is 1. The molecular weight excluding hydrogens is 484 g/mol. The lowest BCUT2D eigenvalue weighted by Crippen LogP contribution is -2.36. The number of carbonyl (C=O) groups is 2. The van der Waals surface area contributed by atoms with Crippen molar-refractivity contribution in [3.63, 3.8) is 0 Å². The summed E-state index contributed by atoms with van der Waals surface area (Å²) >= 11 is 6.08. The molecule has 2 aromatic carbocycles. The van der Waals surface area contributed by atoms with E-state index in [0.717, 1.165) is 0 Å². The lowest BCUT2D eigenvalue weighted by molar-refractivity contribution is -0.129. The van der Waals surface area contributed by atoms with Crippen LogP contribution in [0.3, 0.4) is 0 Å². The van der Waals surface area contributed by atoms with Crippen molar-refractivity contribution in [3.8, 4) is 11.5 Å². The highest BCUT2D eigenvalue weighted by Gasteiger charge is 2.44. The van der Waals surface area contributed by atoms with Gasteiger partial charge in [-0.3, -0.25) is 9.59 Å². The second kappa shape index (κ2) is 10.6. The molecule has 0 aliphatic carbocycles. The molecule has 190 valence electrons. The molecule has 1 atom stereocenters. The Labute approximate surface area is 214 Å². The number of halogens is 1. The summed E-state index contributed by atoms with van der Waals surface area (Å²) in [5.74, 6) is -0.712. The molecule has 1 aliphatic heterocycles. The molecule has 1 aliphatic rings. The second-order valence-electron chi connectivity index (χ2n) is 8.66. The first kappa shape index (κ1) is 25.6. The van der Waals surface area contributed by atoms with Crippen molar-refractivity contribution in [2.24, 2.45) is 0 Å². The Hall–Kier alpha value is -3.49. The van der Waals surface area contributed by atoms with E-state index < -0.39 is 23.5 Å². The van der Waals surface area contributed by atoms with Crippen LogP contribution in [-0.4, -0.2) is 67.0 Å². The summed E-state index contributed by atoms with van der Waals surface area (Å²) in [5.41, 5.74) is 1.05. The topological polar surface area (TPSA) is 92.5 Å². The van der Waals surface area contributed by atoms with Gasteiger partial charge < -0.3 is 28.8 Å². The number of ether oxygens (including phenoxy) is 2. The van der Waals surface area contributed by atoms with E-state index in [1.165, 1.54) is 4.90 Å². The number of furan rings is 1. The van der Waals surface area contributed by atoms with Gasteiger partial charge in [0.2, 0.25) is 5.78 Å². The zero-order valence-electron chi connectivity index (χ0n) is 20.7. The Bertz CT molecular complexity index is 1330. The van der Waals surface area contributed by atoms with E-state index in [4.69, 9.17) is 25.5 Å². The van der Waals surface area contributed by atoms with Crippen LogP contribution in [-0.2, 0) is 4.79 Å². The van der Waals surface area contributed by atoms with E-state index >= 15 is 0 Å². The number of carbonyl (C=O) groups excluding carboxylic acids is 2. The van der Waals surface area contributed by atoms with Gasteiger partial charge in [0.25, 0.3) is 5.91 Å². The molecule has 1 N–H and O–H groups in total. The van der Waals surface area contributed by atoms with E-state index in [9.17, 15) is 14.7 Å². The van der Waals surface area contributed by atoms with Crippen LogP contribution in [0, 0.1) is 0 Å². The number of aliphatic hydroxyl groups excluding tert-OH is 1. The van der Waals surface area contributed by atoms with Crippen molar-refractivity contribution in [1.29, 1.82) is 0 Å². The number of rotatable bonds is 10. The smallest absolute Gasteiger partial charge is 0.290 e. The van der Waals surface area contributed by atoms with Crippen molar-refractivity contribution < 1.29 is 28.6 Å². The molecule has 1 unspecified atom stereocenters. The van der Waals surface area contributed by atoms with Gasteiger partial charge >= 0.3 is 0 Å². The number of benzene rings is 2. The van der Waals surface area contributed by atoms with Gasteiger partial charge in [-0.25, -0.2) is 0 Å². The molecule has 0 saturated carbocycles. The fraction of sp³-hybridized carbons (Fsp3) is 0.333. The number of likely N-dealkylation sites (N-methyl/N-ethyl adjacent to an activating group) is 1. The first-order valence-electron chi connectivity index (χ1n) is 11.8. The molecule has 4 rings (SSSR count). The van der Waals surface area contributed by atoms with E-state index in [1.54, 1.807) is 42.5 Å². The molecule has 0 spiro atoms. The minimum Gasteiger partial charge on any atom is -0.503 e. The first-order valence-corrected chi connectivity index (χ1v) is 12.1. The fourth-order valence-electron chi connectivity index (χ4n) is 4.27. The summed E-state index contributed by atoms with van der Waals surface area (Å²) in [6.07, 6.45) is 0. The fourth-order valence-corrected chi connectivity index (χ4v) is 4.45. The molecule has 0 bridgehead atoms. The van der Waals surface area contributed by atoms with E-state index in [1.807, 2.05) is 32.8 Å². The van der Waals surface area contributed by atoms with E-state index in [0.29, 0.717) is 59.4 Å². The third kappa shape index (κ3) is 4.92. The van der Waals surface area contributed by atoms with Crippen molar-refractivity contribution in [3.05, 3.63) is 70.1 Å². The van der Waals surface area contributed by atoms with Gasteiger partial charge in [-0.2, -0.15) is 0 Å². The third-order valence-corrected chi connectivity index (χ3v) is 6.16. The largest absolute Gasteiger partial charge is 0.503 e. The lowest BCUT2D eigenvalue weighted by atomic mass is 9.94. The van der Waals surface area contributed by atoms with Crippen LogP contribution in [0.15, 0.2) is 58.2 Å². The van der Waals surface area contributed by atoms with Crippen molar-refractivity contribution in [1.82, 2.24) is 9.80 Å². The maximum absolute atomic E-state index is 13.7. The number of fused-ring (bicyclic) bond motifs is 1. The minimum absolute atomic E-state index is 0.0112. The minimum atomic E-state index is -0.836. The predicted molar refractivity (Wildman–Crippen MR) is 137 cm³/mol. The van der Waals surface area contributed by atoms with E-state index in [-0.39, 0.29) is 11.3 Å². The Morgan fingerprint density at radius 3 is 2.50 bits per heavy atom. The molecule has 0 saturated heterocycles. The van der Waals surface area contributed by atoms with Crippen LogP contribution in [0.4, 0.5) is 0 Å². The summed E-state index contributed by atoms with van der Waals surface area (Å²) in [5, 5.41) is 12.1. The summed E-state index contributed by atoms with van der Waals surface area (Å²) in [4.78, 5) is 30.3. The van der Waals surface area contributed by atoms with Crippen LogP contribution in [0.1, 0.15) is 36.0 Å². The van der Waals surface area contributed by atoms with E-state index in [2.05, 4.69) is 0 Å². The molecular formula is C27H29ClN2O6. The maximum atomic E-state index is 13.7. The molecule has 9 heteroatoms. The standard InChI is InChI=1S/C27H29ClN2O6/c1-5-34-20-9-7-16(14-21(20)35-6-2)24-23(26(32)27(33)30(24)12-11-29(3)4)25(31)22-15-17-13-18(28)8-10-19(17)36-22/h7-10,13-15,24,32H,5-6,11-12H2,1-4H3. The highest BCUT2D eigenvalue weighted by molar-refractivity contribution is 6.31. The Morgan fingerprint density at radius 1 is 1.08 bits per heavy atom. The first-order chi connectivity index (χ1) is 17.2. The number of hydrogen-bond acceptors (Lipinski definition) is 7. The molecule has 36 heavy (non-hydrogen) atoms. The zero-order chi connectivity index (χ0) is 26.0. The molecule has 0 radical (unpaired) electrons. The quantitative estimate of drug-likeness (QED) is 0.381. The lowest BCUT2D eigenvalue weighted by Gasteiger charge is -2.28. The van der Waals surface area contributed by atoms with Gasteiger partial charge in [-0.05, 0) is 69.9 Å². The highest BCUT2D eigenvalue weighted by atomic mass is 35.5. The number of nitrogens with zero attached hydrogens (tertiary/aromatic N) is 2. The molecule has 2 heterocycles. The summed E-state index contributed by atoms with van der Waals surface area (Å²) < 4.78 is 17.2. The second-order valence-corrected chi connectivity index (χ2v) is 9.10. The molecule has 3 aromatic rings. The van der Waals surface area contributed by atoms with Crippen molar-refractivity contribution in [2.75, 3.05) is 40.4 Å². The number of ketones is 1. The zero-order valence-corrected chi connectivity index (χ0v) is 21.5. The van der Waals surface area contributed by atoms with Gasteiger partial charge in [0.05, 0.1) is 24.8 Å². The normalized spacial score (nSPS) is 15.9. The van der Waals surface area contributed by atoms with Gasteiger partial charge in [0.15, 0.2) is 23.0 Å². The number of Topliss-reactive ketones (excluding diaryl/α,β-unsaturated/α-hetero) is 1. The van der Waals surface area contributed by atoms with Crippen LogP contribution in [0.25, 0.3) is 11.0 Å². The highest BCUT2D eigenvalue weighted by Crippen LogP contribution is 2.42. The maximum Gasteiger partial charge on any atom is 0.290 e. The monoisotopic (exact) mass is 512 g/mol. The van der Waals surface area contributed by atoms with Crippen molar-refractivity contribution in [2.45, 2.75) is 19.9 Å². The molecule has 0 fully saturated rings. The van der Waals surface area contributed by atoms with Crippen LogP contribution < -0.4 is 9.47 Å². The average molecular weight is 513 g/mol. The van der Waals surface area contributed by atoms with Crippen LogP contribution >= 0.6 is 11.6 Å². The summed E-state index contributed by atoms with van der Waals surface area (Å²) in [6, 6.07) is 11.0. The van der Waals surface area contributed by atoms with Gasteiger partial charge in [-0.15, -0.1) is 0 Å². The summed E-state index contributed by atoms with van der Waals surface area (Å²) in [6.45, 7) is 5.43. The molecule has 8 nitrogen and oxygen atoms in total. The average Bonchev–Trinajstić information content (AvgIpc) is 3.37. The predicted octanol–water partition coefficient (Wildman–Crippen LogP) is 5.02. The molecule has 1 aromatic heterocycles. The SMILES string of the molecule is CCOc1ccc(C2C(C(=O)c3cc4cc(Cl)ccc4o3)=C(O)C(=O)N2CCN(C)C)cc1OCC. The number of amides is 1. The van der Waals surface area contributed by atoms with Gasteiger partial charge in [0.1, 0.15) is 5.58 Å². The summed E-state index contributed by atoms with van der Waals surface area (Å²) in [7, 11) is 3.77. The Kier molecular flexibility index (Phi) is 7.56. The Morgan fingerprint density at radius 2 is 1.81 bits per heavy atom. The Balaban J connectivity index is 1.81. The van der Waals surface area contributed by atoms with Crippen LogP contribution in [0.2, 0.25) is 5.02 Å². The molecule has 1 amide bonds. The number of aliphatic hydroxyl groups is 1.